The van der Waals surface area contributed by atoms with Crippen LogP contribution in [-0.4, -0.2) is 49.2 Å². The number of anilines is 1. The Morgan fingerprint density at radius 2 is 1.92 bits per heavy atom. The number of hydrogen-bond acceptors (Lipinski definition) is 4. The molecule has 1 saturated heterocycles. The van der Waals surface area contributed by atoms with Crippen molar-refractivity contribution in [2.45, 2.75) is 51.7 Å². The fourth-order valence-electron chi connectivity index (χ4n) is 3.03. The van der Waals surface area contributed by atoms with Gasteiger partial charge < -0.3 is 20.7 Å². The van der Waals surface area contributed by atoms with Crippen LogP contribution in [0.5, 0.6) is 0 Å². The molecular weight excluding hydrogens is 373 g/mol. The number of likely N-dealkylation sites (tertiary alicyclic amines) is 1. The van der Waals surface area contributed by atoms with Gasteiger partial charge in [-0.3, -0.25) is 4.79 Å². The monoisotopic (exact) mass is 405 g/mol. The minimum Gasteiger partial charge on any atom is -0.399 e. The lowest BCUT2D eigenvalue weighted by atomic mass is 10.0. The molecule has 0 aromatic heterocycles. The van der Waals surface area contributed by atoms with Gasteiger partial charge in [-0.2, -0.15) is 0 Å². The first kappa shape index (κ1) is 25.0. The van der Waals surface area contributed by atoms with Crippen LogP contribution in [0, 0.1) is 0 Å². The molecule has 0 atom stereocenters. The van der Waals surface area contributed by atoms with Gasteiger partial charge in [0.05, 0.1) is 12.7 Å². The molecule has 0 unspecified atom stereocenters. The van der Waals surface area contributed by atoms with E-state index >= 15 is 0 Å². The lowest BCUT2D eigenvalue weighted by molar-refractivity contribution is -0.122. The first-order valence-electron chi connectivity index (χ1n) is 9.01. The Bertz CT molecular complexity index is 521. The smallest absolute Gasteiger partial charge is 0.220 e. The molecule has 1 aliphatic heterocycles. The van der Waals surface area contributed by atoms with Gasteiger partial charge in [0.2, 0.25) is 5.91 Å². The summed E-state index contributed by atoms with van der Waals surface area (Å²) in [4.78, 5) is 14.6. The van der Waals surface area contributed by atoms with Crippen LogP contribution in [0.15, 0.2) is 24.3 Å². The van der Waals surface area contributed by atoms with E-state index in [9.17, 15) is 4.79 Å². The third-order valence-electron chi connectivity index (χ3n) is 4.49. The topological polar surface area (TPSA) is 67.6 Å². The largest absolute Gasteiger partial charge is 0.399 e. The predicted octanol–water partition coefficient (Wildman–Crippen LogP) is 3.05. The minimum absolute atomic E-state index is 0. The van der Waals surface area contributed by atoms with Crippen molar-refractivity contribution in [1.82, 2.24) is 10.2 Å². The van der Waals surface area contributed by atoms with Crippen molar-refractivity contribution in [3.63, 3.8) is 0 Å². The number of para-hydroxylation sites is 1. The zero-order chi connectivity index (χ0) is 17.4. The maximum Gasteiger partial charge on any atom is 0.220 e. The number of piperidine rings is 1. The van der Waals surface area contributed by atoms with Gasteiger partial charge in [0.15, 0.2) is 0 Å². The number of hydrogen-bond donors (Lipinski definition) is 2. The molecule has 0 aliphatic carbocycles. The van der Waals surface area contributed by atoms with Crippen LogP contribution in [0.2, 0.25) is 0 Å². The number of nitrogens with one attached hydrogen (secondary N) is 1. The van der Waals surface area contributed by atoms with Crippen LogP contribution in [0.25, 0.3) is 0 Å². The average Bonchev–Trinajstić information content (AvgIpc) is 2.55. The predicted molar refractivity (Wildman–Crippen MR) is 112 cm³/mol. The van der Waals surface area contributed by atoms with Gasteiger partial charge in [-0.25, -0.2) is 0 Å². The molecular formula is C19H33Cl2N3O2. The molecule has 0 spiro atoms. The Morgan fingerprint density at radius 1 is 1.27 bits per heavy atom. The Labute approximate surface area is 169 Å². The summed E-state index contributed by atoms with van der Waals surface area (Å²) in [7, 11) is 0. The number of ether oxygens (including phenoxy) is 1. The summed E-state index contributed by atoms with van der Waals surface area (Å²) in [6.45, 7) is 7.94. The molecule has 1 amide bonds. The van der Waals surface area contributed by atoms with Gasteiger partial charge in [0.25, 0.3) is 0 Å². The van der Waals surface area contributed by atoms with E-state index in [1.54, 1.807) is 0 Å². The quantitative estimate of drug-likeness (QED) is 0.652. The van der Waals surface area contributed by atoms with Crippen LogP contribution < -0.4 is 11.1 Å². The van der Waals surface area contributed by atoms with E-state index in [0.717, 1.165) is 50.3 Å². The molecule has 1 aromatic rings. The van der Waals surface area contributed by atoms with E-state index in [2.05, 4.69) is 24.1 Å². The summed E-state index contributed by atoms with van der Waals surface area (Å²) in [5, 5.41) is 3.17. The van der Waals surface area contributed by atoms with Crippen LogP contribution in [-0.2, 0) is 16.0 Å². The number of rotatable bonds is 8. The standard InChI is InChI=1S/C19H31N3O2.2ClH/c1-15(2)24-14-13-22-11-9-17(10-12-22)21-19(23)8-7-16-5-3-4-6-18(16)20;;/h3-6,15,17H,7-14,20H2,1-2H3,(H,21,23);2*1H. The van der Waals surface area contributed by atoms with E-state index in [4.69, 9.17) is 10.5 Å². The third kappa shape index (κ3) is 9.08. The lowest BCUT2D eigenvalue weighted by Crippen LogP contribution is -2.45. The second-order valence-electron chi connectivity index (χ2n) is 6.80. The zero-order valence-corrected chi connectivity index (χ0v) is 17.4. The number of aryl methyl sites for hydroxylation is 1. The zero-order valence-electron chi connectivity index (χ0n) is 15.8. The molecule has 2 rings (SSSR count). The second kappa shape index (κ2) is 13.2. The molecule has 0 bridgehead atoms. The summed E-state index contributed by atoms with van der Waals surface area (Å²) in [5.74, 6) is 0.125. The van der Waals surface area contributed by atoms with Crippen LogP contribution in [0.4, 0.5) is 5.69 Å². The highest BCUT2D eigenvalue weighted by atomic mass is 35.5. The van der Waals surface area contributed by atoms with Gasteiger partial charge in [0, 0.05) is 37.8 Å². The third-order valence-corrected chi connectivity index (χ3v) is 4.49. The van der Waals surface area contributed by atoms with E-state index in [0.29, 0.717) is 25.0 Å². The van der Waals surface area contributed by atoms with Crippen molar-refractivity contribution in [2.75, 3.05) is 32.0 Å². The van der Waals surface area contributed by atoms with E-state index < -0.39 is 0 Å². The average molecular weight is 406 g/mol. The van der Waals surface area contributed by atoms with Crippen molar-refractivity contribution in [2.24, 2.45) is 0 Å². The van der Waals surface area contributed by atoms with E-state index in [-0.39, 0.29) is 30.7 Å². The van der Waals surface area contributed by atoms with Crippen LogP contribution in [0.3, 0.4) is 0 Å². The maximum absolute atomic E-state index is 12.1. The lowest BCUT2D eigenvalue weighted by Gasteiger charge is -2.32. The Balaban J connectivity index is 0.00000312. The maximum atomic E-state index is 12.1. The van der Waals surface area contributed by atoms with Gasteiger partial charge in [0.1, 0.15) is 0 Å². The van der Waals surface area contributed by atoms with Gasteiger partial charge in [-0.1, -0.05) is 18.2 Å². The molecule has 3 N–H and O–H groups in total. The molecule has 26 heavy (non-hydrogen) atoms. The number of nitrogen functional groups attached to an aromatic ring is 1. The highest BCUT2D eigenvalue weighted by Crippen LogP contribution is 2.14. The molecule has 150 valence electrons. The van der Waals surface area contributed by atoms with E-state index in [1.807, 2.05) is 24.3 Å². The Hall–Kier alpha value is -1.01. The number of benzene rings is 1. The van der Waals surface area contributed by atoms with Crippen molar-refractivity contribution < 1.29 is 9.53 Å². The van der Waals surface area contributed by atoms with Crippen molar-refractivity contribution >= 4 is 36.4 Å². The number of carbonyl (C=O) groups is 1. The first-order valence-corrected chi connectivity index (χ1v) is 9.01. The second-order valence-corrected chi connectivity index (χ2v) is 6.80. The molecule has 7 heteroatoms. The summed E-state index contributed by atoms with van der Waals surface area (Å²) in [6, 6.07) is 8.04. The fourth-order valence-corrected chi connectivity index (χ4v) is 3.03. The number of amides is 1. The molecule has 5 nitrogen and oxygen atoms in total. The molecule has 0 radical (unpaired) electrons. The molecule has 1 aliphatic rings. The normalized spacial score (nSPS) is 15.2. The van der Waals surface area contributed by atoms with Crippen molar-refractivity contribution in [3.05, 3.63) is 29.8 Å². The minimum atomic E-state index is 0. The van der Waals surface area contributed by atoms with Gasteiger partial charge in [-0.05, 0) is 44.7 Å². The van der Waals surface area contributed by atoms with Crippen LogP contribution in [0.1, 0.15) is 38.7 Å². The van der Waals surface area contributed by atoms with Crippen molar-refractivity contribution in [3.8, 4) is 0 Å². The fraction of sp³-hybridized carbons (Fsp3) is 0.632. The van der Waals surface area contributed by atoms with Crippen molar-refractivity contribution in [1.29, 1.82) is 0 Å². The SMILES string of the molecule is CC(C)OCCN1CCC(NC(=O)CCc2ccccc2N)CC1.Cl.Cl. The Morgan fingerprint density at radius 3 is 2.54 bits per heavy atom. The summed E-state index contributed by atoms with van der Waals surface area (Å²) < 4.78 is 5.60. The van der Waals surface area contributed by atoms with E-state index in [1.165, 1.54) is 0 Å². The van der Waals surface area contributed by atoms with Gasteiger partial charge >= 0.3 is 0 Å². The van der Waals surface area contributed by atoms with Crippen LogP contribution >= 0.6 is 24.8 Å². The highest BCUT2D eigenvalue weighted by Gasteiger charge is 2.20. The number of halogens is 2. The first-order chi connectivity index (χ1) is 11.5. The Kier molecular flexibility index (Phi) is 12.7. The summed E-state index contributed by atoms with van der Waals surface area (Å²) >= 11 is 0. The summed E-state index contributed by atoms with van der Waals surface area (Å²) in [5.41, 5.74) is 7.73. The molecule has 1 aromatic carbocycles. The number of nitrogens with zero attached hydrogens (tertiary/aromatic N) is 1. The van der Waals surface area contributed by atoms with Gasteiger partial charge in [-0.15, -0.1) is 24.8 Å². The number of carbonyl (C=O) groups excluding carboxylic acids is 1. The molecule has 0 saturated carbocycles. The molecule has 1 heterocycles. The summed E-state index contributed by atoms with van der Waals surface area (Å²) in [6.07, 6.45) is 3.52. The number of nitrogens with two attached hydrogens (primary N) is 1. The molecule has 1 fully saturated rings. The highest BCUT2D eigenvalue weighted by molar-refractivity contribution is 5.85.